The Kier molecular flexibility index (Phi) is 3.39. The molecule has 4 heteroatoms. The van der Waals surface area contributed by atoms with Gasteiger partial charge in [0.15, 0.2) is 0 Å². The summed E-state index contributed by atoms with van der Waals surface area (Å²) in [5, 5.41) is 0. The maximum Gasteiger partial charge on any atom is 0.132 e. The van der Waals surface area contributed by atoms with Crippen LogP contribution in [0.15, 0.2) is 12.4 Å². The molecule has 0 aromatic carbocycles. The highest BCUT2D eigenvalue weighted by atomic mass is 15.2. The lowest BCUT2D eigenvalue weighted by Crippen LogP contribution is -2.42. The highest BCUT2D eigenvalue weighted by Gasteiger charge is 2.21. The molecule has 4 nitrogen and oxygen atoms in total. The maximum absolute atomic E-state index is 4.33. The zero-order chi connectivity index (χ0) is 11.5. The number of aryl methyl sites for hydroxylation is 1. The first-order chi connectivity index (χ1) is 7.66. The molecule has 0 bridgehead atoms. The fourth-order valence-corrected chi connectivity index (χ4v) is 2.20. The van der Waals surface area contributed by atoms with E-state index in [1.807, 2.05) is 6.92 Å². The molecule has 0 aliphatic carbocycles. The van der Waals surface area contributed by atoms with Crippen LogP contribution >= 0.6 is 0 Å². The van der Waals surface area contributed by atoms with Crippen LogP contribution in [0.2, 0.25) is 0 Å². The molecular formula is C12H20N4. The molecule has 1 fully saturated rings. The second-order valence-corrected chi connectivity index (χ2v) is 4.66. The largest absolute Gasteiger partial charge is 0.356 e. The van der Waals surface area contributed by atoms with Gasteiger partial charge in [-0.25, -0.2) is 9.97 Å². The average molecular weight is 220 g/mol. The van der Waals surface area contributed by atoms with Crippen LogP contribution in [-0.4, -0.2) is 48.1 Å². The van der Waals surface area contributed by atoms with Crippen molar-refractivity contribution in [3.05, 3.63) is 18.1 Å². The number of piperidine rings is 1. The number of aromatic nitrogens is 2. The summed E-state index contributed by atoms with van der Waals surface area (Å²) in [6, 6.07) is 2.67. The minimum Gasteiger partial charge on any atom is -0.356 e. The first-order valence-corrected chi connectivity index (χ1v) is 5.87. The molecular weight excluding hydrogens is 200 g/mol. The molecule has 0 unspecified atom stereocenters. The Morgan fingerprint density at radius 3 is 2.62 bits per heavy atom. The number of hydrogen-bond acceptors (Lipinski definition) is 4. The van der Waals surface area contributed by atoms with Crippen molar-refractivity contribution in [2.45, 2.75) is 25.8 Å². The summed E-state index contributed by atoms with van der Waals surface area (Å²) in [7, 11) is 4.32. The molecule has 0 N–H and O–H groups in total. The van der Waals surface area contributed by atoms with Gasteiger partial charge in [0.25, 0.3) is 0 Å². The van der Waals surface area contributed by atoms with Gasteiger partial charge in [0.1, 0.15) is 12.1 Å². The molecule has 1 aromatic rings. The predicted molar refractivity (Wildman–Crippen MR) is 65.7 cm³/mol. The maximum atomic E-state index is 4.33. The molecule has 1 aromatic heterocycles. The van der Waals surface area contributed by atoms with Crippen molar-refractivity contribution in [3.8, 4) is 0 Å². The van der Waals surface area contributed by atoms with Crippen molar-refractivity contribution in [1.82, 2.24) is 14.9 Å². The van der Waals surface area contributed by atoms with Gasteiger partial charge in [-0.15, -0.1) is 0 Å². The van der Waals surface area contributed by atoms with E-state index in [1.54, 1.807) is 6.33 Å². The van der Waals surface area contributed by atoms with Crippen LogP contribution < -0.4 is 4.90 Å². The second-order valence-electron chi connectivity index (χ2n) is 4.66. The van der Waals surface area contributed by atoms with Crippen LogP contribution in [0.4, 0.5) is 5.82 Å². The standard InChI is InChI=1S/C12H20N4/c1-10-8-12(14-9-13-10)16(3)11-4-6-15(2)7-5-11/h8-9,11H,4-7H2,1-3H3. The minimum atomic E-state index is 0.616. The molecule has 88 valence electrons. The van der Waals surface area contributed by atoms with Crippen molar-refractivity contribution >= 4 is 5.82 Å². The average Bonchev–Trinajstić information content (AvgIpc) is 2.29. The summed E-state index contributed by atoms with van der Waals surface area (Å²) in [6.07, 6.45) is 4.09. The third-order valence-corrected chi connectivity index (χ3v) is 3.39. The van der Waals surface area contributed by atoms with Gasteiger partial charge >= 0.3 is 0 Å². The molecule has 16 heavy (non-hydrogen) atoms. The van der Waals surface area contributed by atoms with E-state index in [0.717, 1.165) is 11.5 Å². The molecule has 0 amide bonds. The van der Waals surface area contributed by atoms with E-state index in [2.05, 4.69) is 39.9 Å². The number of nitrogens with zero attached hydrogens (tertiary/aromatic N) is 4. The number of anilines is 1. The molecule has 0 atom stereocenters. The van der Waals surface area contributed by atoms with Crippen LogP contribution in [0.5, 0.6) is 0 Å². The molecule has 1 aliphatic rings. The van der Waals surface area contributed by atoms with E-state index in [-0.39, 0.29) is 0 Å². The van der Waals surface area contributed by atoms with Crippen molar-refractivity contribution < 1.29 is 0 Å². The molecule has 2 rings (SSSR count). The van der Waals surface area contributed by atoms with Crippen LogP contribution in [0.1, 0.15) is 18.5 Å². The van der Waals surface area contributed by atoms with Crippen LogP contribution in [0.3, 0.4) is 0 Å². The van der Waals surface area contributed by atoms with Crippen molar-refractivity contribution in [3.63, 3.8) is 0 Å². The minimum absolute atomic E-state index is 0.616. The first-order valence-electron chi connectivity index (χ1n) is 5.87. The molecule has 0 saturated carbocycles. The van der Waals surface area contributed by atoms with Crippen LogP contribution in [0, 0.1) is 6.92 Å². The Balaban J connectivity index is 2.04. The molecule has 0 spiro atoms. The zero-order valence-corrected chi connectivity index (χ0v) is 10.3. The van der Waals surface area contributed by atoms with E-state index in [9.17, 15) is 0 Å². The predicted octanol–water partition coefficient (Wildman–Crippen LogP) is 1.32. The molecule has 1 saturated heterocycles. The third-order valence-electron chi connectivity index (χ3n) is 3.39. The van der Waals surface area contributed by atoms with E-state index < -0.39 is 0 Å². The topological polar surface area (TPSA) is 32.3 Å². The summed E-state index contributed by atoms with van der Waals surface area (Å²) in [6.45, 7) is 4.37. The molecule has 2 heterocycles. The van der Waals surface area contributed by atoms with Crippen LogP contribution in [-0.2, 0) is 0 Å². The molecule has 0 radical (unpaired) electrons. The van der Waals surface area contributed by atoms with Gasteiger partial charge in [-0.3, -0.25) is 0 Å². The van der Waals surface area contributed by atoms with E-state index >= 15 is 0 Å². The fraction of sp³-hybridized carbons (Fsp3) is 0.667. The lowest BCUT2D eigenvalue weighted by atomic mass is 10.0. The Labute approximate surface area is 97.3 Å². The fourth-order valence-electron chi connectivity index (χ4n) is 2.20. The first kappa shape index (κ1) is 11.3. The highest BCUT2D eigenvalue weighted by molar-refractivity contribution is 5.38. The van der Waals surface area contributed by atoms with Gasteiger partial charge in [0.05, 0.1) is 0 Å². The highest BCUT2D eigenvalue weighted by Crippen LogP contribution is 2.19. The Morgan fingerprint density at radius 1 is 1.31 bits per heavy atom. The summed E-state index contributed by atoms with van der Waals surface area (Å²) in [5.41, 5.74) is 1.03. The summed E-state index contributed by atoms with van der Waals surface area (Å²) in [5.74, 6) is 1.04. The SMILES string of the molecule is Cc1cc(N(C)C2CCN(C)CC2)ncn1. The number of hydrogen-bond donors (Lipinski definition) is 0. The quantitative estimate of drug-likeness (QED) is 0.752. The monoisotopic (exact) mass is 220 g/mol. The Bertz CT molecular complexity index is 345. The van der Waals surface area contributed by atoms with Crippen LogP contribution in [0.25, 0.3) is 0 Å². The zero-order valence-electron chi connectivity index (χ0n) is 10.3. The lowest BCUT2D eigenvalue weighted by molar-refractivity contribution is 0.252. The van der Waals surface area contributed by atoms with Crippen molar-refractivity contribution in [1.29, 1.82) is 0 Å². The van der Waals surface area contributed by atoms with Gasteiger partial charge in [0.2, 0.25) is 0 Å². The van der Waals surface area contributed by atoms with E-state index in [0.29, 0.717) is 6.04 Å². The van der Waals surface area contributed by atoms with Gasteiger partial charge < -0.3 is 9.80 Å². The smallest absolute Gasteiger partial charge is 0.132 e. The van der Waals surface area contributed by atoms with Gasteiger partial charge in [-0.2, -0.15) is 0 Å². The van der Waals surface area contributed by atoms with E-state index in [1.165, 1.54) is 25.9 Å². The number of rotatable bonds is 2. The normalized spacial score (nSPS) is 18.7. The third kappa shape index (κ3) is 2.50. The Hall–Kier alpha value is -1.16. The van der Waals surface area contributed by atoms with Crippen molar-refractivity contribution in [2.75, 3.05) is 32.1 Å². The Morgan fingerprint density at radius 2 is 2.00 bits per heavy atom. The summed E-state index contributed by atoms with van der Waals surface area (Å²) in [4.78, 5) is 13.1. The summed E-state index contributed by atoms with van der Waals surface area (Å²) >= 11 is 0. The summed E-state index contributed by atoms with van der Waals surface area (Å²) < 4.78 is 0. The van der Waals surface area contributed by atoms with Crippen molar-refractivity contribution in [2.24, 2.45) is 0 Å². The lowest BCUT2D eigenvalue weighted by Gasteiger charge is -2.35. The van der Waals surface area contributed by atoms with Gasteiger partial charge in [-0.05, 0) is 39.9 Å². The molecule has 1 aliphatic heterocycles. The number of likely N-dealkylation sites (tertiary alicyclic amines) is 1. The van der Waals surface area contributed by atoms with E-state index in [4.69, 9.17) is 0 Å². The second kappa shape index (κ2) is 4.78. The van der Waals surface area contributed by atoms with Gasteiger partial charge in [0, 0.05) is 24.8 Å². The van der Waals surface area contributed by atoms with Gasteiger partial charge in [-0.1, -0.05) is 0 Å².